The second-order valence-corrected chi connectivity index (χ2v) is 9.80. The lowest BCUT2D eigenvalue weighted by molar-refractivity contribution is 0.103. The van der Waals surface area contributed by atoms with Crippen molar-refractivity contribution in [1.82, 2.24) is 24.7 Å². The number of halogens is 1. The highest BCUT2D eigenvalue weighted by Gasteiger charge is 2.28. The van der Waals surface area contributed by atoms with Crippen molar-refractivity contribution in [2.75, 3.05) is 11.9 Å². The van der Waals surface area contributed by atoms with Crippen LogP contribution in [0.3, 0.4) is 0 Å². The summed E-state index contributed by atoms with van der Waals surface area (Å²) in [6.07, 6.45) is 5.03. The molecule has 1 aliphatic carbocycles. The van der Waals surface area contributed by atoms with Gasteiger partial charge in [-0.05, 0) is 50.3 Å². The largest absolute Gasteiger partial charge is 0.367 e. The summed E-state index contributed by atoms with van der Waals surface area (Å²) in [5, 5.41) is 13.0. The van der Waals surface area contributed by atoms with Crippen molar-refractivity contribution in [3.05, 3.63) is 64.6 Å². The van der Waals surface area contributed by atoms with E-state index in [1.807, 2.05) is 19.1 Å². The van der Waals surface area contributed by atoms with Crippen LogP contribution in [0.15, 0.2) is 36.8 Å². The molecule has 0 saturated heterocycles. The monoisotopic (exact) mass is 505 g/mol. The van der Waals surface area contributed by atoms with Crippen molar-refractivity contribution in [2.24, 2.45) is 11.1 Å². The molecule has 0 spiro atoms. The van der Waals surface area contributed by atoms with Crippen LogP contribution in [-0.4, -0.2) is 51.6 Å². The van der Waals surface area contributed by atoms with E-state index in [4.69, 9.17) is 20.9 Å². The number of pyridine rings is 1. The van der Waals surface area contributed by atoms with Crippen LogP contribution in [0.2, 0.25) is 5.15 Å². The molecule has 4 rings (SSSR count). The third-order valence-corrected chi connectivity index (χ3v) is 6.28. The molecule has 34 heavy (non-hydrogen) atoms. The second kappa shape index (κ2) is 10.1. The Labute approximate surface area is 202 Å². The quantitative estimate of drug-likeness (QED) is 0.328. The minimum absolute atomic E-state index is 0.00345. The van der Waals surface area contributed by atoms with Crippen molar-refractivity contribution in [2.45, 2.75) is 38.8 Å². The standard InChI is InChI=1S/C21H24ClN7O4S/c1-13-7-18(28-29(13)10-16-3-2-4-19(22)26-16)20(30)17-9-24-12-25-21(17)27-15-6-5-14(8-15)11-33-34(23,31)32/h2-4,7,9,12,14-15H,5-6,8,10-11H2,1H3,(H2,23,31,32)(H,24,25,27). The molecular formula is C21H24ClN7O4S. The van der Waals surface area contributed by atoms with Gasteiger partial charge < -0.3 is 5.32 Å². The molecule has 3 aromatic rings. The first-order valence-electron chi connectivity index (χ1n) is 10.6. The maximum absolute atomic E-state index is 13.3. The van der Waals surface area contributed by atoms with E-state index < -0.39 is 10.3 Å². The summed E-state index contributed by atoms with van der Waals surface area (Å²) in [5.41, 5.74) is 2.09. The number of nitrogens with two attached hydrogens (primary N) is 1. The molecule has 2 atom stereocenters. The molecule has 0 bridgehead atoms. The first-order chi connectivity index (χ1) is 16.2. The number of carbonyl (C=O) groups excluding carboxylic acids is 1. The molecule has 3 aromatic heterocycles. The number of hydrogen-bond acceptors (Lipinski definition) is 9. The third-order valence-electron chi connectivity index (χ3n) is 5.61. The highest BCUT2D eigenvalue weighted by atomic mass is 35.5. The normalized spacial score (nSPS) is 18.2. The summed E-state index contributed by atoms with van der Waals surface area (Å²) in [6, 6.07) is 7.05. The van der Waals surface area contributed by atoms with Gasteiger partial charge in [0.05, 0.1) is 24.4 Å². The molecular weight excluding hydrogens is 482 g/mol. The van der Waals surface area contributed by atoms with Gasteiger partial charge in [-0.15, -0.1) is 0 Å². The maximum atomic E-state index is 13.3. The Morgan fingerprint density at radius 1 is 1.35 bits per heavy atom. The van der Waals surface area contributed by atoms with Crippen LogP contribution < -0.4 is 10.5 Å². The number of aryl methyl sites for hydroxylation is 1. The lowest BCUT2D eigenvalue weighted by Crippen LogP contribution is -2.22. The van der Waals surface area contributed by atoms with E-state index in [2.05, 4.69) is 25.4 Å². The Kier molecular flexibility index (Phi) is 7.22. The molecule has 0 aromatic carbocycles. The smallest absolute Gasteiger partial charge is 0.333 e. The molecule has 2 unspecified atom stereocenters. The van der Waals surface area contributed by atoms with E-state index in [1.54, 1.807) is 16.8 Å². The Morgan fingerprint density at radius 2 is 2.18 bits per heavy atom. The third kappa shape index (κ3) is 6.14. The van der Waals surface area contributed by atoms with Gasteiger partial charge in [0.25, 0.3) is 0 Å². The summed E-state index contributed by atoms with van der Waals surface area (Å²) in [6.45, 7) is 2.27. The zero-order chi connectivity index (χ0) is 24.3. The van der Waals surface area contributed by atoms with Crippen molar-refractivity contribution in [3.63, 3.8) is 0 Å². The maximum Gasteiger partial charge on any atom is 0.333 e. The van der Waals surface area contributed by atoms with Gasteiger partial charge in [-0.1, -0.05) is 17.7 Å². The number of carbonyl (C=O) groups is 1. The van der Waals surface area contributed by atoms with E-state index in [0.717, 1.165) is 24.2 Å². The lowest BCUT2D eigenvalue weighted by atomic mass is 10.1. The van der Waals surface area contributed by atoms with Gasteiger partial charge in [0.1, 0.15) is 23.0 Å². The van der Waals surface area contributed by atoms with Crippen LogP contribution in [0.1, 0.15) is 46.7 Å². The van der Waals surface area contributed by atoms with E-state index in [9.17, 15) is 13.2 Å². The number of ketones is 1. The number of aromatic nitrogens is 5. The van der Waals surface area contributed by atoms with Crippen molar-refractivity contribution >= 4 is 33.5 Å². The Balaban J connectivity index is 1.46. The summed E-state index contributed by atoms with van der Waals surface area (Å²) in [5.74, 6) is 0.132. The fourth-order valence-electron chi connectivity index (χ4n) is 3.96. The van der Waals surface area contributed by atoms with Gasteiger partial charge in [-0.2, -0.15) is 13.5 Å². The molecule has 3 N–H and O–H groups in total. The number of nitrogens with zero attached hydrogens (tertiary/aromatic N) is 5. The Morgan fingerprint density at radius 3 is 2.94 bits per heavy atom. The first kappa shape index (κ1) is 24.2. The van der Waals surface area contributed by atoms with Crippen LogP contribution in [0, 0.1) is 12.8 Å². The molecule has 0 aliphatic heterocycles. The lowest BCUT2D eigenvalue weighted by Gasteiger charge is -2.15. The predicted molar refractivity (Wildman–Crippen MR) is 125 cm³/mol. The average Bonchev–Trinajstić information content (AvgIpc) is 3.38. The van der Waals surface area contributed by atoms with Crippen LogP contribution in [0.5, 0.6) is 0 Å². The fourth-order valence-corrected chi connectivity index (χ4v) is 4.53. The Bertz CT molecular complexity index is 1300. The second-order valence-electron chi connectivity index (χ2n) is 8.19. The van der Waals surface area contributed by atoms with Gasteiger partial charge in [0.2, 0.25) is 5.78 Å². The highest BCUT2D eigenvalue weighted by Crippen LogP contribution is 2.29. The van der Waals surface area contributed by atoms with Crippen LogP contribution in [0.25, 0.3) is 0 Å². The highest BCUT2D eigenvalue weighted by molar-refractivity contribution is 7.84. The predicted octanol–water partition coefficient (Wildman–Crippen LogP) is 2.11. The molecule has 1 aliphatic rings. The number of hydrogen-bond donors (Lipinski definition) is 2. The van der Waals surface area contributed by atoms with Gasteiger partial charge in [-0.3, -0.25) is 13.7 Å². The zero-order valence-corrected chi connectivity index (χ0v) is 20.0. The minimum atomic E-state index is -3.97. The molecule has 11 nitrogen and oxygen atoms in total. The SMILES string of the molecule is Cc1cc(C(=O)c2cncnc2NC2CCC(COS(N)(=O)=O)C2)nn1Cc1cccc(Cl)n1. The number of rotatable bonds is 9. The molecule has 3 heterocycles. The van der Waals surface area contributed by atoms with Crippen molar-refractivity contribution < 1.29 is 17.4 Å². The average molecular weight is 506 g/mol. The van der Waals surface area contributed by atoms with Crippen molar-refractivity contribution in [1.29, 1.82) is 0 Å². The summed E-state index contributed by atoms with van der Waals surface area (Å²) < 4.78 is 28.5. The van der Waals surface area contributed by atoms with Gasteiger partial charge in [-0.25, -0.2) is 20.1 Å². The van der Waals surface area contributed by atoms with Gasteiger partial charge in [0.15, 0.2) is 0 Å². The zero-order valence-electron chi connectivity index (χ0n) is 18.4. The Hall–Kier alpha value is -2.93. The fraction of sp³-hybridized carbons (Fsp3) is 0.381. The van der Waals surface area contributed by atoms with Gasteiger partial charge in [0, 0.05) is 17.9 Å². The molecule has 1 fully saturated rings. The molecule has 0 radical (unpaired) electrons. The summed E-state index contributed by atoms with van der Waals surface area (Å²) >= 11 is 5.97. The van der Waals surface area contributed by atoms with Crippen LogP contribution >= 0.6 is 11.6 Å². The molecule has 0 amide bonds. The van der Waals surface area contributed by atoms with Crippen molar-refractivity contribution in [3.8, 4) is 0 Å². The minimum Gasteiger partial charge on any atom is -0.367 e. The molecule has 1 saturated carbocycles. The van der Waals surface area contributed by atoms with Gasteiger partial charge >= 0.3 is 10.3 Å². The summed E-state index contributed by atoms with van der Waals surface area (Å²) in [4.78, 5) is 25.8. The summed E-state index contributed by atoms with van der Waals surface area (Å²) in [7, 11) is -3.97. The number of anilines is 1. The van der Waals surface area contributed by atoms with E-state index in [0.29, 0.717) is 29.5 Å². The first-order valence-corrected chi connectivity index (χ1v) is 12.5. The van der Waals surface area contributed by atoms with E-state index in [1.165, 1.54) is 12.5 Å². The van der Waals surface area contributed by atoms with Crippen LogP contribution in [0.4, 0.5) is 5.82 Å². The topological polar surface area (TPSA) is 155 Å². The molecule has 180 valence electrons. The van der Waals surface area contributed by atoms with Crippen LogP contribution in [-0.2, 0) is 21.0 Å². The molecule has 13 heteroatoms. The number of nitrogens with one attached hydrogen (secondary N) is 1. The van der Waals surface area contributed by atoms with E-state index in [-0.39, 0.29) is 30.0 Å². The van der Waals surface area contributed by atoms with E-state index >= 15 is 0 Å².